The number of halogens is 1. The van der Waals surface area contributed by atoms with Gasteiger partial charge in [0.1, 0.15) is 6.04 Å². The molecule has 88 valence electrons. The Labute approximate surface area is 110 Å². The van der Waals surface area contributed by atoms with Crippen LogP contribution in [0.4, 0.5) is 0 Å². The summed E-state index contributed by atoms with van der Waals surface area (Å²) in [6.45, 7) is 3.72. The normalized spacial score (nSPS) is 14.8. The van der Waals surface area contributed by atoms with Crippen molar-refractivity contribution in [3.63, 3.8) is 0 Å². The highest BCUT2D eigenvalue weighted by atomic mass is 127. The molecule has 0 spiro atoms. The molecule has 0 saturated carbocycles. The summed E-state index contributed by atoms with van der Waals surface area (Å²) in [6.07, 6.45) is 0. The molecule has 3 nitrogen and oxygen atoms in total. The highest BCUT2D eigenvalue weighted by Gasteiger charge is 2.22. The van der Waals surface area contributed by atoms with Crippen molar-refractivity contribution in [2.45, 2.75) is 25.9 Å². The highest BCUT2D eigenvalue weighted by Crippen LogP contribution is 2.21. The molecule has 1 N–H and O–H groups in total. The van der Waals surface area contributed by atoms with Crippen molar-refractivity contribution >= 4 is 28.6 Å². The summed E-state index contributed by atoms with van der Waals surface area (Å²) in [5, 5.41) is 8.95. The molecule has 4 heteroatoms. The van der Waals surface area contributed by atoms with Gasteiger partial charge in [0.05, 0.1) is 0 Å². The van der Waals surface area contributed by atoms with Crippen LogP contribution in [0.3, 0.4) is 0 Å². The van der Waals surface area contributed by atoms with E-state index in [-0.39, 0.29) is 6.04 Å². The molecule has 0 aromatic heterocycles. The molecule has 0 amide bonds. The smallest absolute Gasteiger partial charge is 0.320 e. The van der Waals surface area contributed by atoms with E-state index in [9.17, 15) is 4.79 Å². The third kappa shape index (κ3) is 3.18. The Morgan fingerprint density at radius 1 is 1.31 bits per heavy atom. The Morgan fingerprint density at radius 3 is 2.25 bits per heavy atom. The number of carboxylic acid groups (broad SMARTS) is 1. The molecule has 0 aliphatic rings. The largest absolute Gasteiger partial charge is 0.480 e. The molecule has 1 aromatic rings. The Kier molecular flexibility index (Phi) is 4.73. The van der Waals surface area contributed by atoms with Gasteiger partial charge in [-0.05, 0) is 61.2 Å². The summed E-state index contributed by atoms with van der Waals surface area (Å²) >= 11 is 2.25. The third-order valence-electron chi connectivity index (χ3n) is 2.93. The number of nitrogens with zero attached hydrogens (tertiary/aromatic N) is 1. The number of carbonyl (C=O) groups is 1. The second-order valence-electron chi connectivity index (χ2n) is 3.91. The summed E-state index contributed by atoms with van der Waals surface area (Å²) in [5.74, 6) is -0.792. The predicted molar refractivity (Wildman–Crippen MR) is 72.4 cm³/mol. The Balaban J connectivity index is 2.81. The van der Waals surface area contributed by atoms with Crippen LogP contribution in [0.5, 0.6) is 0 Å². The van der Waals surface area contributed by atoms with Crippen LogP contribution in [0.25, 0.3) is 0 Å². The van der Waals surface area contributed by atoms with Crippen molar-refractivity contribution < 1.29 is 9.90 Å². The van der Waals surface area contributed by atoms with Gasteiger partial charge in [-0.15, -0.1) is 0 Å². The van der Waals surface area contributed by atoms with Gasteiger partial charge in [0.2, 0.25) is 0 Å². The van der Waals surface area contributed by atoms with Gasteiger partial charge in [-0.2, -0.15) is 0 Å². The minimum Gasteiger partial charge on any atom is -0.480 e. The summed E-state index contributed by atoms with van der Waals surface area (Å²) in [7, 11) is 1.83. The van der Waals surface area contributed by atoms with Crippen LogP contribution >= 0.6 is 22.6 Å². The lowest BCUT2D eigenvalue weighted by atomic mass is 10.1. The second kappa shape index (κ2) is 5.63. The zero-order valence-corrected chi connectivity index (χ0v) is 11.8. The number of rotatable bonds is 4. The van der Waals surface area contributed by atoms with Gasteiger partial charge in [0.15, 0.2) is 0 Å². The van der Waals surface area contributed by atoms with E-state index >= 15 is 0 Å². The Bertz CT molecular complexity index is 364. The molecule has 2 atom stereocenters. The molecule has 1 aromatic carbocycles. The van der Waals surface area contributed by atoms with Crippen LogP contribution in [-0.4, -0.2) is 29.1 Å². The topological polar surface area (TPSA) is 40.5 Å². The Morgan fingerprint density at radius 2 is 1.81 bits per heavy atom. The van der Waals surface area contributed by atoms with E-state index in [1.807, 2.05) is 43.1 Å². The van der Waals surface area contributed by atoms with Gasteiger partial charge in [0.25, 0.3) is 0 Å². The number of benzene rings is 1. The number of hydrogen-bond donors (Lipinski definition) is 1. The molecule has 0 aliphatic carbocycles. The molecular formula is C12H16INO2. The SMILES string of the molecule is CC(C(=O)O)N(C)C(C)c1ccc(I)cc1. The average Bonchev–Trinajstić information content (AvgIpc) is 2.27. The van der Waals surface area contributed by atoms with Crippen molar-refractivity contribution in [1.29, 1.82) is 0 Å². The van der Waals surface area contributed by atoms with Gasteiger partial charge in [-0.1, -0.05) is 12.1 Å². The minimum atomic E-state index is -0.792. The maximum Gasteiger partial charge on any atom is 0.320 e. The molecule has 0 saturated heterocycles. The van der Waals surface area contributed by atoms with Crippen LogP contribution in [0.15, 0.2) is 24.3 Å². The van der Waals surface area contributed by atoms with Crippen molar-refractivity contribution in [2.24, 2.45) is 0 Å². The van der Waals surface area contributed by atoms with Crippen LogP contribution in [0, 0.1) is 3.57 Å². The zero-order valence-electron chi connectivity index (χ0n) is 9.64. The molecule has 16 heavy (non-hydrogen) atoms. The standard InChI is InChI=1S/C12H16INO2/c1-8(14(3)9(2)12(15)16)10-4-6-11(13)7-5-10/h4-9H,1-3H3,(H,15,16). The van der Waals surface area contributed by atoms with Crippen LogP contribution in [0.2, 0.25) is 0 Å². The van der Waals surface area contributed by atoms with Crippen LogP contribution in [0.1, 0.15) is 25.5 Å². The van der Waals surface area contributed by atoms with Crippen LogP contribution in [-0.2, 0) is 4.79 Å². The van der Waals surface area contributed by atoms with Crippen molar-refractivity contribution in [1.82, 2.24) is 4.90 Å². The maximum atomic E-state index is 10.9. The molecule has 1 rings (SSSR count). The first-order chi connectivity index (χ1) is 7.43. The van der Waals surface area contributed by atoms with E-state index in [0.29, 0.717) is 0 Å². The molecule has 0 bridgehead atoms. The number of hydrogen-bond acceptors (Lipinski definition) is 2. The summed E-state index contributed by atoms with van der Waals surface area (Å²) in [6, 6.07) is 7.77. The molecule has 0 aliphatic heterocycles. The monoisotopic (exact) mass is 333 g/mol. The molecule has 0 heterocycles. The van der Waals surface area contributed by atoms with Gasteiger partial charge in [-0.25, -0.2) is 0 Å². The molecular weight excluding hydrogens is 317 g/mol. The first-order valence-electron chi connectivity index (χ1n) is 5.13. The lowest BCUT2D eigenvalue weighted by molar-refractivity contribution is -0.142. The van der Waals surface area contributed by atoms with Gasteiger partial charge in [0, 0.05) is 9.61 Å². The van der Waals surface area contributed by atoms with E-state index in [0.717, 1.165) is 5.56 Å². The Hall–Kier alpha value is -0.620. The number of aliphatic carboxylic acids is 1. The van der Waals surface area contributed by atoms with E-state index in [1.54, 1.807) is 6.92 Å². The molecule has 0 radical (unpaired) electrons. The van der Waals surface area contributed by atoms with Crippen molar-refractivity contribution in [3.8, 4) is 0 Å². The van der Waals surface area contributed by atoms with Crippen LogP contribution < -0.4 is 0 Å². The third-order valence-corrected chi connectivity index (χ3v) is 3.65. The van der Waals surface area contributed by atoms with Crippen molar-refractivity contribution in [3.05, 3.63) is 33.4 Å². The molecule has 0 fully saturated rings. The maximum absolute atomic E-state index is 10.9. The van der Waals surface area contributed by atoms with E-state index in [1.165, 1.54) is 3.57 Å². The number of carboxylic acids is 1. The van der Waals surface area contributed by atoms with Gasteiger partial charge in [-0.3, -0.25) is 9.69 Å². The highest BCUT2D eigenvalue weighted by molar-refractivity contribution is 14.1. The predicted octanol–water partition coefficient (Wildman–Crippen LogP) is 2.76. The van der Waals surface area contributed by atoms with E-state index in [2.05, 4.69) is 22.6 Å². The second-order valence-corrected chi connectivity index (χ2v) is 5.15. The quantitative estimate of drug-likeness (QED) is 0.862. The fourth-order valence-corrected chi connectivity index (χ4v) is 1.85. The first-order valence-corrected chi connectivity index (χ1v) is 6.21. The van der Waals surface area contributed by atoms with Crippen molar-refractivity contribution in [2.75, 3.05) is 7.05 Å². The number of likely N-dealkylation sites (N-methyl/N-ethyl adjacent to an activating group) is 1. The molecule has 2 unspecified atom stereocenters. The summed E-state index contributed by atoms with van der Waals surface area (Å²) in [5.41, 5.74) is 1.14. The lowest BCUT2D eigenvalue weighted by Gasteiger charge is -2.28. The summed E-state index contributed by atoms with van der Waals surface area (Å²) in [4.78, 5) is 12.7. The lowest BCUT2D eigenvalue weighted by Crippen LogP contribution is -2.37. The fraction of sp³-hybridized carbons (Fsp3) is 0.417. The summed E-state index contributed by atoms with van der Waals surface area (Å²) < 4.78 is 1.18. The average molecular weight is 333 g/mol. The fourth-order valence-electron chi connectivity index (χ4n) is 1.49. The van der Waals surface area contributed by atoms with Gasteiger partial charge < -0.3 is 5.11 Å². The van der Waals surface area contributed by atoms with E-state index in [4.69, 9.17) is 5.11 Å². The minimum absolute atomic E-state index is 0.100. The van der Waals surface area contributed by atoms with E-state index < -0.39 is 12.0 Å². The van der Waals surface area contributed by atoms with Gasteiger partial charge >= 0.3 is 5.97 Å². The zero-order chi connectivity index (χ0) is 12.3. The first kappa shape index (κ1) is 13.4.